The van der Waals surface area contributed by atoms with Crippen molar-refractivity contribution in [3.63, 3.8) is 0 Å². The number of aliphatic imine (C=N–C) groups is 1. The van der Waals surface area contributed by atoms with E-state index in [2.05, 4.69) is 4.99 Å². The summed E-state index contributed by atoms with van der Waals surface area (Å²) in [6.07, 6.45) is 4.12. The number of hydrogen-bond donors (Lipinski definition) is 0. The second-order valence-corrected chi connectivity index (χ2v) is 4.97. The summed E-state index contributed by atoms with van der Waals surface area (Å²) >= 11 is 6.25. The fourth-order valence-corrected chi connectivity index (χ4v) is 2.52. The average molecular weight is 266 g/mol. The highest BCUT2D eigenvalue weighted by Crippen LogP contribution is 2.53. The van der Waals surface area contributed by atoms with E-state index in [1.807, 2.05) is 6.07 Å². The van der Waals surface area contributed by atoms with Crippen LogP contribution >= 0.6 is 11.6 Å². The predicted octanol–water partition coefficient (Wildman–Crippen LogP) is 2.83. The van der Waals surface area contributed by atoms with Crippen molar-refractivity contribution in [3.05, 3.63) is 22.7 Å². The van der Waals surface area contributed by atoms with Gasteiger partial charge in [-0.2, -0.15) is 4.99 Å². The second-order valence-electron chi connectivity index (χ2n) is 4.56. The third kappa shape index (κ3) is 1.88. The Bertz CT molecular complexity index is 533. The molecule has 18 heavy (non-hydrogen) atoms. The molecule has 0 atom stereocenters. The number of ether oxygens (including phenoxy) is 2. The van der Waals surface area contributed by atoms with Gasteiger partial charge in [-0.05, 0) is 18.9 Å². The molecular formula is C13H12ClNO3. The number of isocyanates is 1. The van der Waals surface area contributed by atoms with Crippen molar-refractivity contribution >= 4 is 17.7 Å². The maximum Gasteiger partial charge on any atom is 0.235 e. The van der Waals surface area contributed by atoms with E-state index >= 15 is 0 Å². The first-order valence-electron chi connectivity index (χ1n) is 5.94. The first kappa shape index (κ1) is 11.6. The normalized spacial score (nSPS) is 19.6. The second kappa shape index (κ2) is 4.30. The molecule has 0 unspecified atom stereocenters. The van der Waals surface area contributed by atoms with E-state index in [1.165, 1.54) is 0 Å². The number of hydrogen-bond acceptors (Lipinski definition) is 4. The van der Waals surface area contributed by atoms with Crippen LogP contribution in [-0.2, 0) is 10.3 Å². The summed E-state index contributed by atoms with van der Waals surface area (Å²) in [6.45, 7) is 1.25. The lowest BCUT2D eigenvalue weighted by molar-refractivity contribution is 0.297. The molecule has 1 saturated carbocycles. The van der Waals surface area contributed by atoms with Crippen molar-refractivity contribution in [2.45, 2.75) is 24.8 Å². The van der Waals surface area contributed by atoms with Crippen molar-refractivity contribution in [3.8, 4) is 11.5 Å². The summed E-state index contributed by atoms with van der Waals surface area (Å²) in [5, 5.41) is 0.566. The van der Waals surface area contributed by atoms with Crippen LogP contribution in [0.2, 0.25) is 5.02 Å². The molecular weight excluding hydrogens is 254 g/mol. The summed E-state index contributed by atoms with van der Waals surface area (Å²) in [7, 11) is 0. The maximum absolute atomic E-state index is 10.5. The lowest BCUT2D eigenvalue weighted by atomic mass is 10.0. The van der Waals surface area contributed by atoms with Crippen LogP contribution < -0.4 is 9.47 Å². The molecule has 0 bridgehead atoms. The Morgan fingerprint density at radius 3 is 2.50 bits per heavy atom. The Balaban J connectivity index is 2.06. The highest BCUT2D eigenvalue weighted by Gasteiger charge is 2.46. The summed E-state index contributed by atoms with van der Waals surface area (Å²) in [4.78, 5) is 14.4. The fourth-order valence-electron chi connectivity index (χ4n) is 2.19. The molecule has 1 aliphatic heterocycles. The van der Waals surface area contributed by atoms with E-state index in [0.29, 0.717) is 29.7 Å². The van der Waals surface area contributed by atoms with Crippen LogP contribution in [0, 0.1) is 0 Å². The van der Waals surface area contributed by atoms with Gasteiger partial charge in [0.1, 0.15) is 0 Å². The first-order valence-corrected chi connectivity index (χ1v) is 6.32. The lowest BCUT2D eigenvalue weighted by Gasteiger charge is -2.14. The highest BCUT2D eigenvalue weighted by molar-refractivity contribution is 6.31. The Labute approximate surface area is 110 Å². The summed E-state index contributed by atoms with van der Waals surface area (Å²) in [5.74, 6) is 1.34. The Morgan fingerprint density at radius 2 is 1.89 bits per heavy atom. The van der Waals surface area contributed by atoms with Gasteiger partial charge in [0.25, 0.3) is 0 Å². The zero-order valence-corrected chi connectivity index (χ0v) is 10.5. The first-order chi connectivity index (χ1) is 8.75. The van der Waals surface area contributed by atoms with Crippen molar-refractivity contribution in [1.82, 2.24) is 0 Å². The molecule has 1 aromatic carbocycles. The Morgan fingerprint density at radius 1 is 1.22 bits per heavy atom. The molecule has 0 spiro atoms. The van der Waals surface area contributed by atoms with Crippen LogP contribution in [0.5, 0.6) is 11.5 Å². The van der Waals surface area contributed by atoms with Crippen LogP contribution in [0.1, 0.15) is 24.8 Å². The molecule has 1 aliphatic carbocycles. The molecule has 1 fully saturated rings. The average Bonchev–Trinajstić information content (AvgIpc) is 3.13. The molecule has 94 valence electrons. The van der Waals surface area contributed by atoms with E-state index < -0.39 is 5.54 Å². The molecule has 0 saturated heterocycles. The molecule has 0 radical (unpaired) electrons. The standard InChI is InChI=1S/C13H12ClNO3/c14-10-7-12-11(17-4-1-5-18-12)6-9(10)13(2-3-13)15-8-16/h6-7H,1-5H2. The van der Waals surface area contributed by atoms with Gasteiger partial charge in [-0.25, -0.2) is 4.79 Å². The molecule has 4 nitrogen and oxygen atoms in total. The van der Waals surface area contributed by atoms with Crippen molar-refractivity contribution in [1.29, 1.82) is 0 Å². The van der Waals surface area contributed by atoms with E-state index in [4.69, 9.17) is 21.1 Å². The van der Waals surface area contributed by atoms with Crippen molar-refractivity contribution < 1.29 is 14.3 Å². The van der Waals surface area contributed by atoms with Gasteiger partial charge in [0.2, 0.25) is 6.08 Å². The number of nitrogens with zero attached hydrogens (tertiary/aromatic N) is 1. The number of rotatable bonds is 2. The quantitative estimate of drug-likeness (QED) is 0.610. The van der Waals surface area contributed by atoms with Gasteiger partial charge in [-0.1, -0.05) is 11.6 Å². The largest absolute Gasteiger partial charge is 0.490 e. The molecule has 0 amide bonds. The number of benzene rings is 1. The summed E-state index contributed by atoms with van der Waals surface area (Å²) in [6, 6.07) is 3.59. The van der Waals surface area contributed by atoms with Crippen LogP contribution in [-0.4, -0.2) is 19.3 Å². The van der Waals surface area contributed by atoms with E-state index in [-0.39, 0.29) is 0 Å². The fraction of sp³-hybridized carbons (Fsp3) is 0.462. The number of halogens is 1. The highest BCUT2D eigenvalue weighted by atomic mass is 35.5. The van der Waals surface area contributed by atoms with Crippen LogP contribution in [0.25, 0.3) is 0 Å². The minimum Gasteiger partial charge on any atom is -0.490 e. The lowest BCUT2D eigenvalue weighted by Crippen LogP contribution is -2.04. The summed E-state index contributed by atoms with van der Waals surface area (Å²) < 4.78 is 11.2. The topological polar surface area (TPSA) is 47.9 Å². The molecule has 5 heteroatoms. The Kier molecular flexibility index (Phi) is 2.77. The van der Waals surface area contributed by atoms with Gasteiger partial charge >= 0.3 is 0 Å². The Hall–Kier alpha value is -1.51. The van der Waals surface area contributed by atoms with Crippen LogP contribution in [0.15, 0.2) is 17.1 Å². The van der Waals surface area contributed by atoms with Gasteiger partial charge in [0, 0.05) is 18.1 Å². The monoisotopic (exact) mass is 265 g/mol. The third-order valence-corrected chi connectivity index (χ3v) is 3.63. The van der Waals surface area contributed by atoms with Gasteiger partial charge in [0.05, 0.1) is 23.8 Å². The number of carbonyl (C=O) groups excluding carboxylic acids is 1. The minimum atomic E-state index is -0.483. The van der Waals surface area contributed by atoms with Crippen molar-refractivity contribution in [2.24, 2.45) is 4.99 Å². The third-order valence-electron chi connectivity index (χ3n) is 3.32. The SMILES string of the molecule is O=C=NC1(c2cc3c(cc2Cl)OCCCO3)CC1. The predicted molar refractivity (Wildman–Crippen MR) is 66.1 cm³/mol. The van der Waals surface area contributed by atoms with E-state index in [9.17, 15) is 4.79 Å². The van der Waals surface area contributed by atoms with E-state index in [0.717, 1.165) is 24.8 Å². The van der Waals surface area contributed by atoms with Gasteiger partial charge < -0.3 is 9.47 Å². The molecule has 2 aliphatic rings. The zero-order valence-electron chi connectivity index (χ0n) is 9.74. The minimum absolute atomic E-state index is 0.483. The molecule has 0 aromatic heterocycles. The van der Waals surface area contributed by atoms with E-state index in [1.54, 1.807) is 12.1 Å². The van der Waals surface area contributed by atoms with Gasteiger partial charge in [-0.3, -0.25) is 0 Å². The maximum atomic E-state index is 10.5. The molecule has 1 heterocycles. The number of fused-ring (bicyclic) bond motifs is 1. The van der Waals surface area contributed by atoms with Crippen LogP contribution in [0.3, 0.4) is 0 Å². The van der Waals surface area contributed by atoms with Crippen LogP contribution in [0.4, 0.5) is 0 Å². The van der Waals surface area contributed by atoms with Gasteiger partial charge in [0.15, 0.2) is 11.5 Å². The zero-order chi connectivity index (χ0) is 12.6. The molecule has 3 rings (SSSR count). The van der Waals surface area contributed by atoms with Gasteiger partial charge in [-0.15, -0.1) is 0 Å². The molecule has 1 aromatic rings. The molecule has 0 N–H and O–H groups in total. The smallest absolute Gasteiger partial charge is 0.235 e. The summed E-state index contributed by atoms with van der Waals surface area (Å²) in [5.41, 5.74) is 0.348. The van der Waals surface area contributed by atoms with Crippen molar-refractivity contribution in [2.75, 3.05) is 13.2 Å².